The van der Waals surface area contributed by atoms with Gasteiger partial charge in [-0.25, -0.2) is 0 Å². The molecule has 1 saturated heterocycles. The number of nitrogens with zero attached hydrogens (tertiary/aromatic N) is 1. The van der Waals surface area contributed by atoms with Gasteiger partial charge in [0.25, 0.3) is 0 Å². The number of carbonyl (C=O) groups is 2. The Kier molecular flexibility index (Phi) is 3.56. The molecular formula is C16H19NO2. The zero-order valence-corrected chi connectivity index (χ0v) is 11.7. The van der Waals surface area contributed by atoms with Gasteiger partial charge in [-0.2, -0.15) is 0 Å². The average Bonchev–Trinajstić information content (AvgIpc) is 2.56. The molecule has 0 aromatic heterocycles. The SMILES string of the molecule is C=CCN1CC(=O)C(c2c(C)cc(C)cc2C)C1=O. The van der Waals surface area contributed by atoms with E-state index < -0.39 is 5.92 Å². The van der Waals surface area contributed by atoms with Crippen LogP contribution >= 0.6 is 0 Å². The van der Waals surface area contributed by atoms with E-state index in [-0.39, 0.29) is 18.2 Å². The van der Waals surface area contributed by atoms with E-state index in [2.05, 4.69) is 6.58 Å². The highest BCUT2D eigenvalue weighted by atomic mass is 16.2. The lowest BCUT2D eigenvalue weighted by Crippen LogP contribution is -2.27. The van der Waals surface area contributed by atoms with Crippen molar-refractivity contribution in [3.05, 3.63) is 47.0 Å². The van der Waals surface area contributed by atoms with Gasteiger partial charge < -0.3 is 4.90 Å². The third-order valence-electron chi connectivity index (χ3n) is 3.60. The summed E-state index contributed by atoms with van der Waals surface area (Å²) in [7, 11) is 0. The van der Waals surface area contributed by atoms with Crippen LogP contribution in [0.1, 0.15) is 28.2 Å². The number of hydrogen-bond acceptors (Lipinski definition) is 2. The number of ketones is 1. The summed E-state index contributed by atoms with van der Waals surface area (Å²) in [4.78, 5) is 26.1. The zero-order chi connectivity index (χ0) is 14.2. The van der Waals surface area contributed by atoms with Crippen molar-refractivity contribution < 1.29 is 9.59 Å². The molecule has 1 aliphatic heterocycles. The molecule has 0 radical (unpaired) electrons. The van der Waals surface area contributed by atoms with Crippen LogP contribution in [0.15, 0.2) is 24.8 Å². The Morgan fingerprint density at radius 3 is 2.37 bits per heavy atom. The molecule has 0 bridgehead atoms. The monoisotopic (exact) mass is 257 g/mol. The topological polar surface area (TPSA) is 37.4 Å². The minimum Gasteiger partial charge on any atom is -0.331 e. The van der Waals surface area contributed by atoms with Gasteiger partial charge >= 0.3 is 0 Å². The highest BCUT2D eigenvalue weighted by Gasteiger charge is 2.40. The molecule has 0 spiro atoms. The van der Waals surface area contributed by atoms with Crippen LogP contribution in [-0.2, 0) is 9.59 Å². The predicted octanol–water partition coefficient (Wildman–Crippen LogP) is 2.29. The lowest BCUT2D eigenvalue weighted by molar-refractivity contribution is -0.129. The van der Waals surface area contributed by atoms with Crippen LogP contribution in [0.25, 0.3) is 0 Å². The molecule has 1 fully saturated rings. The maximum absolute atomic E-state index is 12.4. The number of aryl methyl sites for hydroxylation is 3. The van der Waals surface area contributed by atoms with Crippen molar-refractivity contribution in [2.24, 2.45) is 0 Å². The van der Waals surface area contributed by atoms with Crippen molar-refractivity contribution in [3.63, 3.8) is 0 Å². The minimum atomic E-state index is -0.624. The van der Waals surface area contributed by atoms with Gasteiger partial charge in [0.05, 0.1) is 6.54 Å². The number of hydrogen-bond donors (Lipinski definition) is 0. The number of likely N-dealkylation sites (tertiary alicyclic amines) is 1. The molecule has 1 aliphatic rings. The molecule has 3 nitrogen and oxygen atoms in total. The van der Waals surface area contributed by atoms with E-state index in [1.807, 2.05) is 32.9 Å². The number of rotatable bonds is 3. The second-order valence-corrected chi connectivity index (χ2v) is 5.22. The molecule has 0 N–H and O–H groups in total. The van der Waals surface area contributed by atoms with E-state index in [1.165, 1.54) is 0 Å². The molecule has 1 unspecified atom stereocenters. The first-order chi connectivity index (χ1) is 8.95. The van der Waals surface area contributed by atoms with Crippen molar-refractivity contribution >= 4 is 11.7 Å². The van der Waals surface area contributed by atoms with Crippen molar-refractivity contribution in [2.45, 2.75) is 26.7 Å². The number of benzene rings is 1. The van der Waals surface area contributed by atoms with Crippen LogP contribution < -0.4 is 0 Å². The molecular weight excluding hydrogens is 238 g/mol. The second-order valence-electron chi connectivity index (χ2n) is 5.22. The molecule has 1 aromatic carbocycles. The first kappa shape index (κ1) is 13.5. The number of amides is 1. The van der Waals surface area contributed by atoms with Gasteiger partial charge in [-0.1, -0.05) is 23.8 Å². The molecule has 2 rings (SSSR count). The fraction of sp³-hybridized carbons (Fsp3) is 0.375. The van der Waals surface area contributed by atoms with Gasteiger partial charge in [0.15, 0.2) is 5.78 Å². The van der Waals surface area contributed by atoms with Crippen LogP contribution in [0.3, 0.4) is 0 Å². The summed E-state index contributed by atoms with van der Waals surface area (Å²) in [6, 6.07) is 4.05. The van der Waals surface area contributed by atoms with Gasteiger partial charge in [-0.15, -0.1) is 6.58 Å². The Bertz CT molecular complexity index is 537. The molecule has 3 heteroatoms. The lowest BCUT2D eigenvalue weighted by Gasteiger charge is -2.17. The van der Waals surface area contributed by atoms with E-state index in [0.717, 1.165) is 22.3 Å². The normalized spacial score (nSPS) is 19.1. The molecule has 0 saturated carbocycles. The quantitative estimate of drug-likeness (QED) is 0.615. The molecule has 19 heavy (non-hydrogen) atoms. The summed E-state index contributed by atoms with van der Waals surface area (Å²) in [6.45, 7) is 10.2. The lowest BCUT2D eigenvalue weighted by atomic mass is 9.88. The van der Waals surface area contributed by atoms with Crippen molar-refractivity contribution in [1.82, 2.24) is 4.90 Å². The highest BCUT2D eigenvalue weighted by molar-refractivity contribution is 6.13. The largest absolute Gasteiger partial charge is 0.331 e. The smallest absolute Gasteiger partial charge is 0.238 e. The van der Waals surface area contributed by atoms with Gasteiger partial charge in [-0.05, 0) is 37.5 Å². The third kappa shape index (κ3) is 2.33. The van der Waals surface area contributed by atoms with Crippen LogP contribution in [0.2, 0.25) is 0 Å². The summed E-state index contributed by atoms with van der Waals surface area (Å²) in [5, 5.41) is 0. The first-order valence-corrected chi connectivity index (χ1v) is 6.46. The van der Waals surface area contributed by atoms with Gasteiger partial charge in [-0.3, -0.25) is 9.59 Å². The summed E-state index contributed by atoms with van der Waals surface area (Å²) in [6.07, 6.45) is 1.66. The van der Waals surface area contributed by atoms with Crippen molar-refractivity contribution in [3.8, 4) is 0 Å². The molecule has 0 aliphatic carbocycles. The van der Waals surface area contributed by atoms with Crippen LogP contribution in [0, 0.1) is 20.8 Å². The predicted molar refractivity (Wildman–Crippen MR) is 75.2 cm³/mol. The standard InChI is InChI=1S/C16H19NO2/c1-5-6-17-9-13(18)15(16(17)19)14-11(3)7-10(2)8-12(14)4/h5,7-8,15H,1,6,9H2,2-4H3. The van der Waals surface area contributed by atoms with Gasteiger partial charge in [0.2, 0.25) is 5.91 Å². The maximum Gasteiger partial charge on any atom is 0.238 e. The second kappa shape index (κ2) is 5.00. The Balaban J connectivity index is 2.45. The van der Waals surface area contributed by atoms with Gasteiger partial charge in [0.1, 0.15) is 5.92 Å². The Morgan fingerprint density at radius 2 is 1.84 bits per heavy atom. The highest BCUT2D eigenvalue weighted by Crippen LogP contribution is 2.31. The fourth-order valence-electron chi connectivity index (χ4n) is 2.92. The summed E-state index contributed by atoms with van der Waals surface area (Å²) < 4.78 is 0. The maximum atomic E-state index is 12.4. The Labute approximate surface area is 113 Å². The molecule has 100 valence electrons. The molecule has 1 heterocycles. The molecule has 1 atom stereocenters. The minimum absolute atomic E-state index is 0.0121. The first-order valence-electron chi connectivity index (χ1n) is 6.46. The molecule has 1 amide bonds. The van der Waals surface area contributed by atoms with Gasteiger partial charge in [0, 0.05) is 6.54 Å². The third-order valence-corrected chi connectivity index (χ3v) is 3.60. The van der Waals surface area contributed by atoms with E-state index in [9.17, 15) is 9.59 Å². The van der Waals surface area contributed by atoms with Crippen LogP contribution in [-0.4, -0.2) is 29.7 Å². The summed E-state index contributed by atoms with van der Waals surface area (Å²) in [5.74, 6) is -0.734. The van der Waals surface area contributed by atoms with Crippen molar-refractivity contribution in [2.75, 3.05) is 13.1 Å². The van der Waals surface area contributed by atoms with E-state index in [0.29, 0.717) is 6.54 Å². The Hall–Kier alpha value is -1.90. The van der Waals surface area contributed by atoms with E-state index >= 15 is 0 Å². The van der Waals surface area contributed by atoms with E-state index in [4.69, 9.17) is 0 Å². The molecule has 1 aromatic rings. The number of Topliss-reactive ketones (excluding diaryl/α,β-unsaturated/α-hetero) is 1. The van der Waals surface area contributed by atoms with E-state index in [1.54, 1.807) is 11.0 Å². The summed E-state index contributed by atoms with van der Waals surface area (Å²) >= 11 is 0. The van der Waals surface area contributed by atoms with Crippen molar-refractivity contribution in [1.29, 1.82) is 0 Å². The van der Waals surface area contributed by atoms with Crippen LogP contribution in [0.5, 0.6) is 0 Å². The zero-order valence-electron chi connectivity index (χ0n) is 11.7. The van der Waals surface area contributed by atoms with Crippen LogP contribution in [0.4, 0.5) is 0 Å². The Morgan fingerprint density at radius 1 is 1.26 bits per heavy atom. The average molecular weight is 257 g/mol. The fourth-order valence-corrected chi connectivity index (χ4v) is 2.92. The number of carbonyl (C=O) groups excluding carboxylic acids is 2. The summed E-state index contributed by atoms with van der Waals surface area (Å²) in [5.41, 5.74) is 4.07.